The topological polar surface area (TPSA) is 81.7 Å². The van der Waals surface area contributed by atoms with E-state index in [1.165, 1.54) is 0 Å². The lowest BCUT2D eigenvalue weighted by Crippen LogP contribution is -2.49. The minimum atomic E-state index is -2.66. The molecule has 0 saturated heterocycles. The van der Waals surface area contributed by atoms with E-state index in [1.54, 1.807) is 40.8 Å². The van der Waals surface area contributed by atoms with Crippen molar-refractivity contribution >= 4 is 25.5 Å². The van der Waals surface area contributed by atoms with Crippen LogP contribution in [0.2, 0.25) is 18.1 Å². The Labute approximate surface area is 156 Å². The highest BCUT2D eigenvalue weighted by Crippen LogP contribution is 2.38. The van der Waals surface area contributed by atoms with Crippen LogP contribution in [-0.2, 0) is 19.1 Å². The van der Waals surface area contributed by atoms with Gasteiger partial charge in [0.1, 0.15) is 19.1 Å². The molecule has 0 heterocycles. The number of hydrogen-bond donors (Lipinski definition) is 1. The average molecular weight is 390 g/mol. The van der Waals surface area contributed by atoms with Crippen LogP contribution in [0.4, 0.5) is 9.18 Å². The van der Waals surface area contributed by atoms with E-state index in [0.29, 0.717) is 0 Å². The maximum atomic E-state index is 14.6. The summed E-state index contributed by atoms with van der Waals surface area (Å²) in [6.07, 6.45) is -0.797. The molecule has 6 nitrogen and oxygen atoms in total. The molecule has 0 aliphatic heterocycles. The van der Waals surface area contributed by atoms with Gasteiger partial charge in [-0.25, -0.2) is 9.59 Å². The Morgan fingerprint density at radius 3 is 1.92 bits per heavy atom. The fourth-order valence-electron chi connectivity index (χ4n) is 1.77. The van der Waals surface area contributed by atoms with Gasteiger partial charge in [-0.15, -0.1) is 0 Å². The summed E-state index contributed by atoms with van der Waals surface area (Å²) in [6, 6.07) is 0. The maximum absolute atomic E-state index is 14.6. The third kappa shape index (κ3) is 6.90. The van der Waals surface area contributed by atoms with Crippen molar-refractivity contribution in [1.82, 2.24) is 5.32 Å². The molecule has 26 heavy (non-hydrogen) atoms. The Balaban J connectivity index is 5.73. The number of ether oxygens (including phenoxy) is 2. The number of alkyl carbamates (subject to hydrolysis) is 1. The highest BCUT2D eigenvalue weighted by Gasteiger charge is 2.45. The van der Waals surface area contributed by atoms with Gasteiger partial charge >= 0.3 is 12.1 Å². The molecule has 0 aliphatic carbocycles. The van der Waals surface area contributed by atoms with Gasteiger partial charge in [-0.3, -0.25) is 0 Å². The average Bonchev–Trinajstić information content (AvgIpc) is 2.43. The van der Waals surface area contributed by atoms with E-state index in [2.05, 4.69) is 10.1 Å². The summed E-state index contributed by atoms with van der Waals surface area (Å²) in [5, 5.41) is 1.55. The van der Waals surface area contributed by atoms with Gasteiger partial charge in [0.25, 0.3) is 0 Å². The number of halogens is 1. The van der Waals surface area contributed by atoms with E-state index in [0.717, 1.165) is 0 Å². The van der Waals surface area contributed by atoms with Crippen molar-refractivity contribution in [1.29, 1.82) is 0 Å². The van der Waals surface area contributed by atoms with E-state index in [4.69, 9.17) is 4.74 Å². The highest BCUT2D eigenvalue weighted by atomic mass is 28.3. The van der Waals surface area contributed by atoms with Crippen molar-refractivity contribution in [3.63, 3.8) is 0 Å². The summed E-state index contributed by atoms with van der Waals surface area (Å²) < 4.78 is 24.4. The van der Waals surface area contributed by atoms with Gasteiger partial charge < -0.3 is 19.6 Å². The molecular weight excluding hydrogens is 357 g/mol. The zero-order valence-corrected chi connectivity index (χ0v) is 18.3. The Morgan fingerprint density at radius 2 is 1.54 bits per heavy atom. The number of carbonyl (C=O) groups is 3. The Hall–Kier alpha value is -1.70. The molecule has 0 saturated carbocycles. The summed E-state index contributed by atoms with van der Waals surface area (Å²) in [7, 11) is -2.66. The molecule has 0 bridgehead atoms. The predicted molar refractivity (Wildman–Crippen MR) is 101 cm³/mol. The summed E-state index contributed by atoms with van der Waals surface area (Å²) in [6.45, 7) is 15.4. The van der Waals surface area contributed by atoms with Crippen molar-refractivity contribution in [2.45, 2.75) is 72.2 Å². The van der Waals surface area contributed by atoms with Crippen LogP contribution in [0.15, 0.2) is 11.4 Å². The van der Waals surface area contributed by atoms with Crippen LogP contribution in [0.5, 0.6) is 0 Å². The first-order valence-corrected chi connectivity index (χ1v) is 11.6. The smallest absolute Gasteiger partial charge is 0.407 e. The lowest BCUT2D eigenvalue weighted by Gasteiger charge is -2.35. The molecular formula is C18H32FNO5Si. The molecule has 150 valence electrons. The molecule has 0 unspecified atom stereocenters. The fraction of sp³-hybridized carbons (Fsp3) is 0.722. The minimum absolute atomic E-state index is 0.0205. The van der Waals surface area contributed by atoms with Crippen LogP contribution < -0.4 is 5.32 Å². The minimum Gasteiger partial charge on any atom is -0.461 e. The van der Waals surface area contributed by atoms with Gasteiger partial charge in [0, 0.05) is 0 Å². The summed E-state index contributed by atoms with van der Waals surface area (Å²) in [5.41, 5.74) is -1.11. The van der Waals surface area contributed by atoms with Gasteiger partial charge in [0.15, 0.2) is 0 Å². The van der Waals surface area contributed by atoms with E-state index < -0.39 is 43.5 Å². The molecule has 0 fully saturated rings. The van der Waals surface area contributed by atoms with Gasteiger partial charge in [-0.2, -0.15) is 4.39 Å². The first kappa shape index (κ1) is 24.3. The van der Waals surface area contributed by atoms with Crippen LogP contribution in [-0.4, -0.2) is 44.3 Å². The largest absolute Gasteiger partial charge is 0.461 e. The quantitative estimate of drug-likeness (QED) is 0.423. The number of esters is 1. The number of amides is 1. The van der Waals surface area contributed by atoms with Crippen molar-refractivity contribution in [2.24, 2.45) is 0 Å². The van der Waals surface area contributed by atoms with Gasteiger partial charge in [0.2, 0.25) is 5.83 Å². The van der Waals surface area contributed by atoms with Crippen molar-refractivity contribution in [2.75, 3.05) is 13.2 Å². The zero-order chi connectivity index (χ0) is 20.9. The molecule has 0 atom stereocenters. The molecule has 1 N–H and O–H groups in total. The molecule has 0 rings (SSSR count). The molecule has 0 spiro atoms. The number of nitrogens with one attached hydrogen (secondary N) is 1. The van der Waals surface area contributed by atoms with Crippen LogP contribution in [0.1, 0.15) is 48.5 Å². The second-order valence-electron chi connectivity index (χ2n) is 8.57. The molecule has 0 aromatic rings. The van der Waals surface area contributed by atoms with Crippen molar-refractivity contribution in [3.05, 3.63) is 11.4 Å². The predicted octanol–water partition coefficient (Wildman–Crippen LogP) is 3.91. The Kier molecular flexibility index (Phi) is 8.22. The zero-order valence-electron chi connectivity index (χ0n) is 17.3. The van der Waals surface area contributed by atoms with Gasteiger partial charge in [-0.1, -0.05) is 33.9 Å². The third-order valence-corrected chi connectivity index (χ3v) is 9.43. The van der Waals surface area contributed by atoms with Crippen LogP contribution in [0.3, 0.4) is 0 Å². The van der Waals surface area contributed by atoms with Crippen LogP contribution >= 0.6 is 0 Å². The van der Waals surface area contributed by atoms with E-state index in [1.807, 2.05) is 20.8 Å². The molecule has 0 aromatic carbocycles. The lowest BCUT2D eigenvalue weighted by atomic mass is 10.2. The second kappa shape index (κ2) is 8.79. The first-order valence-electron chi connectivity index (χ1n) is 8.62. The van der Waals surface area contributed by atoms with Crippen LogP contribution in [0, 0.1) is 0 Å². The number of hydrogen-bond acceptors (Lipinski definition) is 5. The van der Waals surface area contributed by atoms with E-state index >= 15 is 0 Å². The highest BCUT2D eigenvalue weighted by molar-refractivity contribution is 7.08. The summed E-state index contributed by atoms with van der Waals surface area (Å²) in [5.74, 6) is -2.47. The van der Waals surface area contributed by atoms with Crippen LogP contribution in [0.25, 0.3) is 0 Å². The third-order valence-electron chi connectivity index (χ3n) is 4.24. The Morgan fingerprint density at radius 1 is 1.04 bits per heavy atom. The Bertz CT molecular complexity index is 585. The monoisotopic (exact) mass is 389 g/mol. The summed E-state index contributed by atoms with van der Waals surface area (Å²) in [4.78, 5) is 36.7. The van der Waals surface area contributed by atoms with Gasteiger partial charge in [-0.05, 0) is 32.7 Å². The standard InChI is InChI=1S/C18H32FNO5Si/c1-10-24-14(21)13(19)12(11-20-16(23)25-17(2,3)4)15(22)26(8,9)18(5,6)7/h10-11H2,1-9H3,(H,20,23)/b13-12-. The maximum Gasteiger partial charge on any atom is 0.407 e. The molecule has 1 amide bonds. The summed E-state index contributed by atoms with van der Waals surface area (Å²) >= 11 is 0. The molecule has 0 aromatic heterocycles. The van der Waals surface area contributed by atoms with E-state index in [-0.39, 0.29) is 17.2 Å². The van der Waals surface area contributed by atoms with Gasteiger partial charge in [0.05, 0.1) is 18.7 Å². The fourth-order valence-corrected chi connectivity index (χ4v) is 3.40. The van der Waals surface area contributed by atoms with Crippen molar-refractivity contribution < 1.29 is 28.2 Å². The van der Waals surface area contributed by atoms with Crippen molar-refractivity contribution in [3.8, 4) is 0 Å². The number of carbonyl (C=O) groups excluding carboxylic acids is 3. The molecule has 0 radical (unpaired) electrons. The number of rotatable bonds is 6. The molecule has 8 heteroatoms. The lowest BCUT2D eigenvalue weighted by molar-refractivity contribution is -0.140. The molecule has 0 aliphatic rings. The SMILES string of the molecule is CCOC(=O)/C(F)=C(\CNC(=O)OC(C)(C)C)C(=O)[Si](C)(C)C(C)(C)C. The second-order valence-corrected chi connectivity index (χ2v) is 13.8. The van der Waals surface area contributed by atoms with E-state index in [9.17, 15) is 18.8 Å². The normalized spacial score (nSPS) is 13.6. The first-order chi connectivity index (χ1) is 11.5.